The second-order valence-electron chi connectivity index (χ2n) is 3.17. The standard InChI is InChI=1S/C7H11N3O5S2.K/c1-16(11,12)9-6-2-4-7(5-3-6)10(8)17(13,14)15;/h2-5,9H,8H2,1H3,(H,13,14,15);/q;+1/p-1. The minimum atomic E-state index is -4.78. The predicted octanol–water partition coefficient (Wildman–Crippen LogP) is -3.80. The van der Waals surface area contributed by atoms with E-state index >= 15 is 0 Å². The summed E-state index contributed by atoms with van der Waals surface area (Å²) in [7, 11) is -8.19. The van der Waals surface area contributed by atoms with Crippen LogP contribution in [0.4, 0.5) is 11.4 Å². The molecule has 96 valence electrons. The van der Waals surface area contributed by atoms with E-state index in [0.29, 0.717) is 0 Å². The summed E-state index contributed by atoms with van der Waals surface area (Å²) in [6.07, 6.45) is 0.970. The predicted molar refractivity (Wildman–Crippen MR) is 61.3 cm³/mol. The molecule has 8 nitrogen and oxygen atoms in total. The van der Waals surface area contributed by atoms with Gasteiger partial charge in [0.1, 0.15) is 0 Å². The molecule has 0 aliphatic rings. The molecule has 0 aliphatic carbocycles. The number of hydrazine groups is 1. The second-order valence-corrected chi connectivity index (χ2v) is 6.17. The molecule has 0 fully saturated rings. The van der Waals surface area contributed by atoms with Crippen LogP contribution in [-0.4, -0.2) is 27.6 Å². The zero-order valence-electron chi connectivity index (χ0n) is 9.69. The molecule has 3 N–H and O–H groups in total. The zero-order chi connectivity index (χ0) is 13.3. The van der Waals surface area contributed by atoms with Crippen molar-refractivity contribution in [2.24, 2.45) is 5.84 Å². The Balaban J connectivity index is 0.00000289. The fourth-order valence-corrected chi connectivity index (χ4v) is 1.96. The van der Waals surface area contributed by atoms with Gasteiger partial charge in [0.2, 0.25) is 10.0 Å². The molecule has 0 atom stereocenters. The molecule has 1 rings (SSSR count). The van der Waals surface area contributed by atoms with Gasteiger partial charge in [0.05, 0.1) is 11.9 Å². The number of benzene rings is 1. The molecule has 1 aromatic rings. The first kappa shape index (κ1) is 18.3. The van der Waals surface area contributed by atoms with E-state index in [1.54, 1.807) is 0 Å². The average molecular weight is 319 g/mol. The maximum absolute atomic E-state index is 10.9. The van der Waals surface area contributed by atoms with Gasteiger partial charge in [-0.2, -0.15) is 0 Å². The van der Waals surface area contributed by atoms with Crippen LogP contribution in [0.2, 0.25) is 0 Å². The Morgan fingerprint density at radius 2 is 1.61 bits per heavy atom. The first-order chi connectivity index (χ1) is 7.59. The van der Waals surface area contributed by atoms with E-state index in [2.05, 4.69) is 4.72 Å². The summed E-state index contributed by atoms with van der Waals surface area (Å²) in [5, 5.41) is 0. The molecule has 0 bridgehead atoms. The molecule has 0 amide bonds. The van der Waals surface area contributed by atoms with Crippen molar-refractivity contribution in [1.29, 1.82) is 0 Å². The van der Waals surface area contributed by atoms with Crippen LogP contribution in [0.25, 0.3) is 0 Å². The normalized spacial score (nSPS) is 11.5. The Morgan fingerprint density at radius 1 is 1.17 bits per heavy atom. The average Bonchev–Trinajstić information content (AvgIpc) is 2.14. The van der Waals surface area contributed by atoms with Crippen LogP contribution < -0.4 is 66.4 Å². The number of hydrogen-bond acceptors (Lipinski definition) is 6. The van der Waals surface area contributed by atoms with Crippen LogP contribution in [0.1, 0.15) is 0 Å². The molecule has 0 saturated heterocycles. The molecular weight excluding hydrogens is 309 g/mol. The van der Waals surface area contributed by atoms with Crippen LogP contribution in [0, 0.1) is 0 Å². The molecule has 0 heterocycles. The van der Waals surface area contributed by atoms with E-state index in [4.69, 9.17) is 5.84 Å². The maximum atomic E-state index is 10.9. The quantitative estimate of drug-likeness (QED) is 0.253. The zero-order valence-corrected chi connectivity index (χ0v) is 14.4. The summed E-state index contributed by atoms with van der Waals surface area (Å²) in [6, 6.07) is 4.95. The van der Waals surface area contributed by atoms with E-state index in [1.807, 2.05) is 0 Å². The van der Waals surface area contributed by atoms with Crippen molar-refractivity contribution in [3.05, 3.63) is 24.3 Å². The Kier molecular flexibility index (Phi) is 6.73. The van der Waals surface area contributed by atoms with Gasteiger partial charge in [-0.05, 0) is 24.3 Å². The molecule has 18 heavy (non-hydrogen) atoms. The third kappa shape index (κ3) is 5.95. The van der Waals surface area contributed by atoms with Crippen LogP contribution in [0.3, 0.4) is 0 Å². The smallest absolute Gasteiger partial charge is 0.730 e. The fraction of sp³-hybridized carbons (Fsp3) is 0.143. The minimum absolute atomic E-state index is 0. The molecule has 0 aromatic heterocycles. The van der Waals surface area contributed by atoms with Crippen LogP contribution >= 0.6 is 0 Å². The fourth-order valence-electron chi connectivity index (χ4n) is 1.02. The summed E-state index contributed by atoms with van der Waals surface area (Å²) in [5.41, 5.74) is 0.159. The molecule has 11 heteroatoms. The van der Waals surface area contributed by atoms with E-state index < -0.39 is 20.3 Å². The molecule has 1 aromatic carbocycles. The molecule has 0 radical (unpaired) electrons. The minimum Gasteiger partial charge on any atom is -0.730 e. The summed E-state index contributed by atoms with van der Waals surface area (Å²) in [6.45, 7) is 0. The van der Waals surface area contributed by atoms with Crippen molar-refractivity contribution in [3.8, 4) is 0 Å². The Hall–Kier alpha value is 0.276. The van der Waals surface area contributed by atoms with Gasteiger partial charge < -0.3 is 4.55 Å². The first-order valence-corrected chi connectivity index (χ1v) is 7.44. The largest absolute Gasteiger partial charge is 1.00 e. The number of nitrogens with two attached hydrogens (primary N) is 1. The number of nitrogens with zero attached hydrogens (tertiary/aromatic N) is 1. The van der Waals surface area contributed by atoms with E-state index in [-0.39, 0.29) is 67.2 Å². The van der Waals surface area contributed by atoms with Crippen molar-refractivity contribution in [2.75, 3.05) is 15.4 Å². The van der Waals surface area contributed by atoms with Crippen LogP contribution in [0.15, 0.2) is 24.3 Å². The molecule has 0 saturated carbocycles. The summed E-state index contributed by atoms with van der Waals surface area (Å²) < 4.78 is 55.7. The third-order valence-electron chi connectivity index (χ3n) is 1.67. The van der Waals surface area contributed by atoms with E-state index in [0.717, 1.165) is 6.26 Å². The molecule has 0 unspecified atom stereocenters. The Morgan fingerprint density at radius 3 is 1.94 bits per heavy atom. The summed E-state index contributed by atoms with van der Waals surface area (Å²) in [5.74, 6) is 5.04. The van der Waals surface area contributed by atoms with Crippen molar-refractivity contribution < 1.29 is 72.8 Å². The van der Waals surface area contributed by atoms with Crippen molar-refractivity contribution >= 4 is 31.7 Å². The third-order valence-corrected chi connectivity index (χ3v) is 2.97. The van der Waals surface area contributed by atoms with Crippen molar-refractivity contribution in [3.63, 3.8) is 0 Å². The SMILES string of the molecule is CS(=O)(=O)Nc1ccc(N(N)S(=O)(=O)[O-])cc1.[K+]. The number of hydrogen-bond donors (Lipinski definition) is 2. The van der Waals surface area contributed by atoms with E-state index in [9.17, 15) is 21.4 Å². The van der Waals surface area contributed by atoms with Gasteiger partial charge in [0.15, 0.2) is 10.3 Å². The van der Waals surface area contributed by atoms with Gasteiger partial charge in [0.25, 0.3) is 0 Å². The Bertz CT molecular complexity index is 598. The molecule has 0 spiro atoms. The van der Waals surface area contributed by atoms with Crippen molar-refractivity contribution in [1.82, 2.24) is 0 Å². The maximum Gasteiger partial charge on any atom is 1.00 e. The molecule has 0 aliphatic heterocycles. The number of rotatable bonds is 4. The van der Waals surface area contributed by atoms with E-state index in [1.165, 1.54) is 24.3 Å². The number of sulfonamides is 1. The molecular formula is C7H10KN3O5S2. The van der Waals surface area contributed by atoms with Gasteiger partial charge >= 0.3 is 51.4 Å². The van der Waals surface area contributed by atoms with Crippen molar-refractivity contribution in [2.45, 2.75) is 0 Å². The first-order valence-electron chi connectivity index (χ1n) is 4.18. The summed E-state index contributed by atoms with van der Waals surface area (Å²) >= 11 is 0. The second kappa shape index (κ2) is 6.63. The van der Waals surface area contributed by atoms with Gasteiger partial charge in [0, 0.05) is 5.69 Å². The number of nitrogens with one attached hydrogen (secondary N) is 1. The van der Waals surface area contributed by atoms with Gasteiger partial charge in [-0.15, -0.1) is 0 Å². The topological polar surface area (TPSA) is 133 Å². The van der Waals surface area contributed by atoms with Gasteiger partial charge in [-0.1, -0.05) is 0 Å². The summed E-state index contributed by atoms with van der Waals surface area (Å²) in [4.78, 5) is 0. The Labute approximate surface area is 148 Å². The number of anilines is 2. The van der Waals surface area contributed by atoms with Crippen LogP contribution in [0.5, 0.6) is 0 Å². The van der Waals surface area contributed by atoms with Crippen LogP contribution in [-0.2, 0) is 20.3 Å². The van der Waals surface area contributed by atoms with Gasteiger partial charge in [-0.25, -0.2) is 27.1 Å². The monoisotopic (exact) mass is 319 g/mol. The van der Waals surface area contributed by atoms with Gasteiger partial charge in [-0.3, -0.25) is 4.72 Å².